The van der Waals surface area contributed by atoms with Crippen LogP contribution in [0.5, 0.6) is 0 Å². The van der Waals surface area contributed by atoms with Crippen molar-refractivity contribution < 1.29 is 0 Å². The molecule has 2 rings (SSSR count). The van der Waals surface area contributed by atoms with Gasteiger partial charge in [0.25, 0.3) is 0 Å². The fourth-order valence-electron chi connectivity index (χ4n) is 1.96. The van der Waals surface area contributed by atoms with E-state index in [0.717, 1.165) is 15.0 Å². The van der Waals surface area contributed by atoms with Crippen molar-refractivity contribution in [2.24, 2.45) is 5.73 Å². The molecule has 3 N–H and O–H groups in total. The highest BCUT2D eigenvalue weighted by atomic mass is 79.9. The van der Waals surface area contributed by atoms with Crippen molar-refractivity contribution in [3.05, 3.63) is 37.6 Å². The second-order valence-electron chi connectivity index (χ2n) is 4.64. The molecule has 0 aromatic carbocycles. The van der Waals surface area contributed by atoms with Crippen LogP contribution in [0.15, 0.2) is 15.2 Å². The molecule has 0 atom stereocenters. The third-order valence-electron chi connectivity index (χ3n) is 3.11. The number of nitrogens with two attached hydrogens (primary N) is 1. The van der Waals surface area contributed by atoms with Crippen LogP contribution in [0.4, 0.5) is 5.82 Å². The first kappa shape index (κ1) is 14.9. The molecule has 0 bridgehead atoms. The minimum Gasteiger partial charge on any atom is -0.384 e. The summed E-state index contributed by atoms with van der Waals surface area (Å²) in [5.74, 6) is 0.664. The van der Waals surface area contributed by atoms with E-state index < -0.39 is 0 Å². The Morgan fingerprint density at radius 2 is 2.15 bits per heavy atom. The number of amidine groups is 1. The van der Waals surface area contributed by atoms with E-state index in [1.807, 2.05) is 25.8 Å². The van der Waals surface area contributed by atoms with Gasteiger partial charge in [0.2, 0.25) is 0 Å². The average molecular weight is 354 g/mol. The fraction of sp³-hybridized carbons (Fsp3) is 0.308. The molecule has 0 fully saturated rings. The van der Waals surface area contributed by atoms with Gasteiger partial charge in [0.15, 0.2) is 5.82 Å². The summed E-state index contributed by atoms with van der Waals surface area (Å²) in [5.41, 5.74) is 9.24. The smallest absolute Gasteiger partial charge is 0.162 e. The quantitative estimate of drug-likeness (QED) is 0.654. The first-order valence-electron chi connectivity index (χ1n) is 6.02. The number of hydrogen-bond donors (Lipinski definition) is 2. The van der Waals surface area contributed by atoms with Gasteiger partial charge in [-0.2, -0.15) is 5.10 Å². The number of nitrogens with one attached hydrogen (secondary N) is 1. The van der Waals surface area contributed by atoms with Gasteiger partial charge in [-0.1, -0.05) is 0 Å². The van der Waals surface area contributed by atoms with Crippen molar-refractivity contribution in [1.29, 1.82) is 5.41 Å². The van der Waals surface area contributed by atoms with Crippen molar-refractivity contribution in [1.82, 2.24) is 10.2 Å². The summed E-state index contributed by atoms with van der Waals surface area (Å²) in [5, 5.41) is 18.2. The summed E-state index contributed by atoms with van der Waals surface area (Å²) in [6, 6.07) is 2.07. The maximum Gasteiger partial charge on any atom is 0.162 e. The van der Waals surface area contributed by atoms with E-state index in [4.69, 9.17) is 11.1 Å². The molecule has 5 nitrogen and oxygen atoms in total. The first-order chi connectivity index (χ1) is 9.40. The van der Waals surface area contributed by atoms with E-state index in [1.165, 1.54) is 5.56 Å². The van der Waals surface area contributed by atoms with Gasteiger partial charge >= 0.3 is 0 Å². The van der Waals surface area contributed by atoms with Crippen LogP contribution in [0, 0.1) is 19.3 Å². The van der Waals surface area contributed by atoms with E-state index in [1.54, 1.807) is 11.3 Å². The number of aromatic nitrogens is 2. The van der Waals surface area contributed by atoms with Crippen molar-refractivity contribution >= 4 is 38.9 Å². The van der Waals surface area contributed by atoms with Crippen LogP contribution in [-0.4, -0.2) is 23.1 Å². The Labute approximate surface area is 130 Å². The normalized spacial score (nSPS) is 10.6. The van der Waals surface area contributed by atoms with Gasteiger partial charge in [0.05, 0.1) is 15.0 Å². The molecule has 0 aliphatic heterocycles. The summed E-state index contributed by atoms with van der Waals surface area (Å²) >= 11 is 5.10. The number of rotatable bonds is 4. The zero-order valence-corrected chi connectivity index (χ0v) is 14.0. The van der Waals surface area contributed by atoms with Gasteiger partial charge < -0.3 is 10.6 Å². The molecular weight excluding hydrogens is 338 g/mol. The van der Waals surface area contributed by atoms with Gasteiger partial charge in [0, 0.05) is 13.6 Å². The number of halogens is 1. The van der Waals surface area contributed by atoms with Gasteiger partial charge in [-0.25, -0.2) is 0 Å². The molecule has 0 unspecified atom stereocenters. The van der Waals surface area contributed by atoms with Crippen molar-refractivity contribution in [3.63, 3.8) is 0 Å². The minimum atomic E-state index is 0.0221. The molecule has 0 aliphatic rings. The summed E-state index contributed by atoms with van der Waals surface area (Å²) in [6.07, 6.45) is 0. The molecule has 7 heteroatoms. The van der Waals surface area contributed by atoms with Crippen molar-refractivity contribution in [2.45, 2.75) is 20.4 Å². The summed E-state index contributed by atoms with van der Waals surface area (Å²) in [7, 11) is 1.93. The Kier molecular flexibility index (Phi) is 4.39. The highest BCUT2D eigenvalue weighted by molar-refractivity contribution is 9.11. The molecule has 0 saturated heterocycles. The molecule has 106 valence electrons. The minimum absolute atomic E-state index is 0.0221. The van der Waals surface area contributed by atoms with E-state index in [-0.39, 0.29) is 5.84 Å². The van der Waals surface area contributed by atoms with Crippen LogP contribution < -0.4 is 10.6 Å². The van der Waals surface area contributed by atoms with E-state index in [0.29, 0.717) is 17.9 Å². The molecular formula is C13H16BrN5S. The predicted molar refractivity (Wildman–Crippen MR) is 86.6 cm³/mol. The average Bonchev–Trinajstić information content (AvgIpc) is 2.77. The van der Waals surface area contributed by atoms with Gasteiger partial charge in [-0.05, 0) is 52.4 Å². The Morgan fingerprint density at radius 3 is 2.70 bits per heavy atom. The Bertz CT molecular complexity index is 652. The van der Waals surface area contributed by atoms with Crippen molar-refractivity contribution in [3.8, 4) is 0 Å². The molecule has 2 aromatic heterocycles. The zero-order valence-electron chi connectivity index (χ0n) is 11.6. The van der Waals surface area contributed by atoms with Crippen LogP contribution in [0.2, 0.25) is 0 Å². The molecule has 0 aliphatic carbocycles. The molecule has 0 amide bonds. The standard InChI is InChI=1S/C13H16BrN5S/c1-7-8(2)17-18-13(11(7)12(15)16)19(3)5-9-4-10(14)20-6-9/h4,6H,5H2,1-3H3,(H3,15,16). The van der Waals surface area contributed by atoms with Crippen LogP contribution in [0.1, 0.15) is 22.4 Å². The summed E-state index contributed by atoms with van der Waals surface area (Å²) < 4.78 is 1.10. The monoisotopic (exact) mass is 353 g/mol. The number of nitrogen functional groups attached to an aromatic ring is 1. The second kappa shape index (κ2) is 5.88. The lowest BCUT2D eigenvalue weighted by atomic mass is 10.1. The van der Waals surface area contributed by atoms with Gasteiger partial charge in [0.1, 0.15) is 5.84 Å². The lowest BCUT2D eigenvalue weighted by molar-refractivity contribution is 0.849. The Hall–Kier alpha value is -1.47. The van der Waals surface area contributed by atoms with Gasteiger partial charge in [-0.15, -0.1) is 16.4 Å². The van der Waals surface area contributed by atoms with E-state index >= 15 is 0 Å². The van der Waals surface area contributed by atoms with E-state index in [9.17, 15) is 0 Å². The highest BCUT2D eigenvalue weighted by Crippen LogP contribution is 2.25. The van der Waals surface area contributed by atoms with Gasteiger partial charge in [-0.3, -0.25) is 5.41 Å². The highest BCUT2D eigenvalue weighted by Gasteiger charge is 2.17. The van der Waals surface area contributed by atoms with Crippen LogP contribution >= 0.6 is 27.3 Å². The third kappa shape index (κ3) is 2.99. The topological polar surface area (TPSA) is 78.9 Å². The maximum atomic E-state index is 7.77. The molecule has 2 heterocycles. The number of aryl methyl sites for hydroxylation is 1. The Balaban J connectivity index is 2.36. The summed E-state index contributed by atoms with van der Waals surface area (Å²) in [6.45, 7) is 4.48. The lowest BCUT2D eigenvalue weighted by Gasteiger charge is -2.21. The molecule has 0 radical (unpaired) electrons. The van der Waals surface area contributed by atoms with Crippen LogP contribution in [-0.2, 0) is 6.54 Å². The predicted octanol–water partition coefficient (Wildman–Crippen LogP) is 2.84. The van der Waals surface area contributed by atoms with Crippen LogP contribution in [0.3, 0.4) is 0 Å². The van der Waals surface area contributed by atoms with Crippen LogP contribution in [0.25, 0.3) is 0 Å². The molecule has 0 saturated carbocycles. The summed E-state index contributed by atoms with van der Waals surface area (Å²) in [4.78, 5) is 1.96. The third-order valence-corrected chi connectivity index (χ3v) is 4.66. The number of nitrogens with zero attached hydrogens (tertiary/aromatic N) is 3. The number of hydrogen-bond acceptors (Lipinski definition) is 5. The first-order valence-corrected chi connectivity index (χ1v) is 7.69. The fourth-order valence-corrected chi connectivity index (χ4v) is 3.16. The lowest BCUT2D eigenvalue weighted by Crippen LogP contribution is -2.25. The zero-order chi connectivity index (χ0) is 14.9. The largest absolute Gasteiger partial charge is 0.384 e. The molecule has 0 spiro atoms. The Morgan fingerprint density at radius 1 is 1.45 bits per heavy atom. The molecule has 20 heavy (non-hydrogen) atoms. The number of anilines is 1. The SMILES string of the molecule is Cc1nnc(N(C)Cc2csc(Br)c2)c(C(=N)N)c1C. The van der Waals surface area contributed by atoms with Crippen molar-refractivity contribution in [2.75, 3.05) is 11.9 Å². The second-order valence-corrected chi connectivity index (χ2v) is 6.93. The maximum absolute atomic E-state index is 7.77. The number of thiophene rings is 1. The van der Waals surface area contributed by atoms with E-state index in [2.05, 4.69) is 37.6 Å². The molecule has 2 aromatic rings.